The van der Waals surface area contributed by atoms with Crippen LogP contribution in [0.5, 0.6) is 0 Å². The van der Waals surface area contributed by atoms with Gasteiger partial charge in [-0.3, -0.25) is 5.43 Å². The monoisotopic (exact) mass is 324 g/mol. The molecule has 1 heterocycles. The van der Waals surface area contributed by atoms with E-state index in [9.17, 15) is 0 Å². The molecule has 21 heavy (non-hydrogen) atoms. The smallest absolute Gasteiger partial charge is 0.242 e. The summed E-state index contributed by atoms with van der Waals surface area (Å²) in [4.78, 5) is 0. The normalized spacial score (nSPS) is 22.3. The maximum absolute atomic E-state index is 5.86. The first-order valence-corrected chi connectivity index (χ1v) is 9.27. The van der Waals surface area contributed by atoms with E-state index in [0.717, 1.165) is 17.1 Å². The van der Waals surface area contributed by atoms with Gasteiger partial charge in [0.15, 0.2) is 5.84 Å². The zero-order valence-corrected chi connectivity index (χ0v) is 14.7. The van der Waals surface area contributed by atoms with Crippen LogP contribution in [-0.2, 0) is 11.8 Å². The van der Waals surface area contributed by atoms with Crippen molar-refractivity contribution in [1.29, 1.82) is 0 Å². The molecule has 1 atom stereocenters. The van der Waals surface area contributed by atoms with Crippen molar-refractivity contribution in [3.63, 3.8) is 0 Å². The molecule has 1 N–H and O–H groups in total. The molecule has 8 heteroatoms. The molecule has 1 aromatic rings. The van der Waals surface area contributed by atoms with Crippen LogP contribution in [0.25, 0.3) is 0 Å². The minimum Gasteiger partial charge on any atom is -0.294 e. The molecule has 6 nitrogen and oxygen atoms in total. The first-order chi connectivity index (χ1) is 9.85. The van der Waals surface area contributed by atoms with E-state index >= 15 is 0 Å². The summed E-state index contributed by atoms with van der Waals surface area (Å²) in [6.07, 6.45) is 0. The molecule has 0 fully saturated rings. The molecular weight excluding hydrogens is 303 g/mol. The molecule has 1 aromatic carbocycles. The Morgan fingerprint density at radius 3 is 2.43 bits per heavy atom. The zero-order valence-electron chi connectivity index (χ0n) is 13.0. The minimum absolute atomic E-state index is 0.784. The molecule has 1 aliphatic heterocycles. The Kier molecular flexibility index (Phi) is 4.66. The van der Waals surface area contributed by atoms with Gasteiger partial charge in [-0.1, -0.05) is 30.3 Å². The Balaban J connectivity index is 2.36. The minimum atomic E-state index is -2.25. The number of rotatable bonds is 3. The van der Waals surface area contributed by atoms with Crippen LogP contribution in [0.2, 0.25) is 0 Å². The van der Waals surface area contributed by atoms with Gasteiger partial charge in [-0.05, 0) is 25.7 Å². The Bertz CT molecular complexity index is 610. The number of hydrogen-bond acceptors (Lipinski definition) is 4. The summed E-state index contributed by atoms with van der Waals surface area (Å²) in [6.45, 7) is 1.65. The van der Waals surface area contributed by atoms with Gasteiger partial charge >= 0.3 is 0 Å². The first kappa shape index (κ1) is 15.9. The van der Waals surface area contributed by atoms with Crippen LogP contribution in [-0.4, -0.2) is 47.0 Å². The fourth-order valence-electron chi connectivity index (χ4n) is 2.09. The molecular formula is C13H21N6PS. The number of hydrogen-bond donors (Lipinski definition) is 1. The van der Waals surface area contributed by atoms with Gasteiger partial charge in [0.25, 0.3) is 0 Å². The zero-order chi connectivity index (χ0) is 15.6. The predicted octanol–water partition coefficient (Wildman–Crippen LogP) is 2.28. The number of nitrogens with zero attached hydrogens (tertiary/aromatic N) is 5. The van der Waals surface area contributed by atoms with Gasteiger partial charge in [0, 0.05) is 32.4 Å². The SMILES string of the molecule is CC(C)=NN(C)P1(=S)N(C)N=C(c2ccccc2)NN1C. The third-order valence-electron chi connectivity index (χ3n) is 3.05. The van der Waals surface area contributed by atoms with Gasteiger partial charge in [0.1, 0.15) is 0 Å². The highest BCUT2D eigenvalue weighted by Crippen LogP contribution is 2.55. The van der Waals surface area contributed by atoms with Crippen LogP contribution < -0.4 is 5.43 Å². The van der Waals surface area contributed by atoms with Crippen molar-refractivity contribution in [3.8, 4) is 0 Å². The summed E-state index contributed by atoms with van der Waals surface area (Å²) in [6, 6.07) is 9.99. The van der Waals surface area contributed by atoms with Crippen molar-refractivity contribution in [2.75, 3.05) is 21.1 Å². The van der Waals surface area contributed by atoms with Crippen LogP contribution in [0.15, 0.2) is 40.5 Å². The predicted molar refractivity (Wildman–Crippen MR) is 92.5 cm³/mol. The van der Waals surface area contributed by atoms with Crippen molar-refractivity contribution < 1.29 is 0 Å². The summed E-state index contributed by atoms with van der Waals surface area (Å²) in [5.41, 5.74) is 5.27. The fraction of sp³-hybridized carbons (Fsp3) is 0.385. The average molecular weight is 324 g/mol. The highest BCUT2D eigenvalue weighted by atomic mass is 32.4. The van der Waals surface area contributed by atoms with Gasteiger partial charge in [-0.2, -0.15) is 15.0 Å². The van der Waals surface area contributed by atoms with Crippen LogP contribution in [0.4, 0.5) is 0 Å². The lowest BCUT2D eigenvalue weighted by atomic mass is 10.2. The van der Waals surface area contributed by atoms with Crippen LogP contribution in [0.3, 0.4) is 0 Å². The topological polar surface area (TPSA) is 46.5 Å². The van der Waals surface area contributed by atoms with E-state index in [1.54, 1.807) is 0 Å². The molecule has 0 saturated carbocycles. The Hall–Kier alpha value is -1.43. The quantitative estimate of drug-likeness (QED) is 0.525. The van der Waals surface area contributed by atoms with Crippen molar-refractivity contribution >= 4 is 29.8 Å². The lowest BCUT2D eigenvalue weighted by Gasteiger charge is -2.44. The Morgan fingerprint density at radius 1 is 1.29 bits per heavy atom. The standard InChI is InChI=1S/C13H21N6PS/c1-11(2)14-17(3)20(21)18(4)15-13(16-19(20)5)12-9-7-6-8-10-12/h6-10H,1-5H3,(H,15,16). The second-order valence-corrected chi connectivity index (χ2v) is 9.24. The Morgan fingerprint density at radius 2 is 1.90 bits per heavy atom. The summed E-state index contributed by atoms with van der Waals surface area (Å²) in [5, 5.41) is 9.09. The number of amidine groups is 1. The fourth-order valence-corrected chi connectivity index (χ4v) is 4.30. The summed E-state index contributed by atoms with van der Waals surface area (Å²) >= 11 is 5.86. The average Bonchev–Trinajstić information content (AvgIpc) is 2.44. The van der Waals surface area contributed by atoms with E-state index in [0.29, 0.717) is 0 Å². The Labute approximate surface area is 131 Å². The third-order valence-corrected chi connectivity index (χ3v) is 7.77. The molecule has 0 aromatic heterocycles. The van der Waals surface area contributed by atoms with Crippen molar-refractivity contribution in [3.05, 3.63) is 35.9 Å². The van der Waals surface area contributed by atoms with Gasteiger partial charge in [0.2, 0.25) is 6.49 Å². The van der Waals surface area contributed by atoms with E-state index in [-0.39, 0.29) is 0 Å². The summed E-state index contributed by atoms with van der Waals surface area (Å²) in [5.74, 6) is 0.784. The van der Waals surface area contributed by atoms with Gasteiger partial charge in [-0.25, -0.2) is 9.56 Å². The molecule has 0 spiro atoms. The number of nitrogens with one attached hydrogen (secondary N) is 1. The van der Waals surface area contributed by atoms with Gasteiger partial charge < -0.3 is 0 Å². The first-order valence-electron chi connectivity index (χ1n) is 6.61. The molecule has 2 rings (SSSR count). The lowest BCUT2D eigenvalue weighted by Crippen LogP contribution is -2.48. The second kappa shape index (κ2) is 6.13. The molecule has 1 aliphatic rings. The van der Waals surface area contributed by atoms with Crippen LogP contribution in [0, 0.1) is 0 Å². The summed E-state index contributed by atoms with van der Waals surface area (Å²) in [7, 11) is 5.73. The molecule has 0 radical (unpaired) electrons. The highest BCUT2D eigenvalue weighted by Gasteiger charge is 2.36. The maximum atomic E-state index is 5.86. The number of hydrazine groups is 1. The van der Waals surface area contributed by atoms with E-state index in [1.807, 2.05) is 79.7 Å². The molecule has 0 saturated heterocycles. The van der Waals surface area contributed by atoms with E-state index in [1.165, 1.54) is 0 Å². The molecule has 0 aliphatic carbocycles. The van der Waals surface area contributed by atoms with E-state index in [4.69, 9.17) is 11.8 Å². The molecule has 0 amide bonds. The third kappa shape index (κ3) is 3.10. The van der Waals surface area contributed by atoms with Crippen molar-refractivity contribution in [1.82, 2.24) is 19.8 Å². The van der Waals surface area contributed by atoms with Crippen LogP contribution >= 0.6 is 6.49 Å². The summed E-state index contributed by atoms with van der Waals surface area (Å²) < 4.78 is 5.60. The van der Waals surface area contributed by atoms with Crippen molar-refractivity contribution in [2.45, 2.75) is 13.8 Å². The molecule has 114 valence electrons. The lowest BCUT2D eigenvalue weighted by molar-refractivity contribution is 0.357. The largest absolute Gasteiger partial charge is 0.294 e. The van der Waals surface area contributed by atoms with E-state index < -0.39 is 6.49 Å². The van der Waals surface area contributed by atoms with Crippen LogP contribution in [0.1, 0.15) is 19.4 Å². The highest BCUT2D eigenvalue weighted by molar-refractivity contribution is 8.11. The van der Waals surface area contributed by atoms with Crippen molar-refractivity contribution in [2.24, 2.45) is 10.2 Å². The van der Waals surface area contributed by atoms with Gasteiger partial charge in [-0.15, -0.1) is 0 Å². The molecule has 1 unspecified atom stereocenters. The molecule has 0 bridgehead atoms. The number of benzene rings is 1. The van der Waals surface area contributed by atoms with E-state index in [2.05, 4.69) is 15.6 Å². The maximum Gasteiger partial charge on any atom is 0.242 e. The van der Waals surface area contributed by atoms with Gasteiger partial charge in [0.05, 0.1) is 0 Å². The number of hydrazone groups is 2. The second-order valence-electron chi connectivity index (χ2n) is 4.99.